The summed E-state index contributed by atoms with van der Waals surface area (Å²) in [7, 11) is -2.77. The summed E-state index contributed by atoms with van der Waals surface area (Å²) in [4.78, 5) is 20.1. The molecular weight excluding hydrogens is 278 g/mol. The van der Waals surface area contributed by atoms with Crippen LogP contribution in [-0.2, 0) is 4.57 Å². The Kier molecular flexibility index (Phi) is 9.09. The van der Waals surface area contributed by atoms with Gasteiger partial charge in [-0.15, -0.1) is 0 Å². The van der Waals surface area contributed by atoms with Crippen molar-refractivity contribution < 1.29 is 33.1 Å². The minimum Gasteiger partial charge on any atom is -0.231 e. The van der Waals surface area contributed by atoms with Crippen molar-refractivity contribution in [1.29, 1.82) is 0 Å². The summed E-state index contributed by atoms with van der Waals surface area (Å²) < 4.78 is 10.7. The second-order valence-electron chi connectivity index (χ2n) is 4.43. The van der Waals surface area contributed by atoms with E-state index in [1.807, 2.05) is 49.4 Å². The Morgan fingerprint density at radius 1 is 1.05 bits per heavy atom. The molecule has 0 saturated carbocycles. The van der Waals surface area contributed by atoms with Gasteiger partial charge in [0.1, 0.15) is 0 Å². The van der Waals surface area contributed by atoms with Crippen molar-refractivity contribution in [3.8, 4) is 0 Å². The molecule has 0 fully saturated rings. The van der Waals surface area contributed by atoms with E-state index in [9.17, 15) is 9.36 Å². The van der Waals surface area contributed by atoms with Gasteiger partial charge in [0, 0.05) is 0 Å². The first-order chi connectivity index (χ1) is 9.43. The van der Waals surface area contributed by atoms with Crippen LogP contribution in [0.3, 0.4) is 0 Å². The van der Waals surface area contributed by atoms with E-state index >= 15 is 0 Å². The molecule has 0 heterocycles. The zero-order valence-corrected chi connectivity index (χ0v) is 13.6. The minimum absolute atomic E-state index is 0. The number of rotatable bonds is 2. The Bertz CT molecular complexity index is 562. The molecule has 0 saturated heterocycles. The van der Waals surface area contributed by atoms with Gasteiger partial charge in [0.05, 0.1) is 5.56 Å². The van der Waals surface area contributed by atoms with Crippen LogP contribution in [-0.4, -0.2) is 10.4 Å². The fraction of sp³-hybridized carbons (Fsp3) is 0.188. The summed E-state index contributed by atoms with van der Waals surface area (Å²) in [5.74, 6) is 0. The average molecular weight is 295 g/mol. The molecule has 2 aromatic rings. The third kappa shape index (κ3) is 6.38. The van der Waals surface area contributed by atoms with Gasteiger partial charge < -0.3 is 0 Å². The Morgan fingerprint density at radius 3 is 1.81 bits per heavy atom. The molecule has 2 rings (SSSR count). The molecule has 5 heteroatoms. The molecule has 0 amide bonds. The van der Waals surface area contributed by atoms with Crippen LogP contribution in [0.25, 0.3) is 0 Å². The van der Waals surface area contributed by atoms with Crippen molar-refractivity contribution in [2.24, 2.45) is 0 Å². The summed E-state index contributed by atoms with van der Waals surface area (Å²) >= 11 is 0. The summed E-state index contributed by atoms with van der Waals surface area (Å²) in [6.07, 6.45) is 0. The van der Waals surface area contributed by atoms with Gasteiger partial charge in [-0.1, -0.05) is 17.7 Å². The maximum absolute atomic E-state index is 11.4. The van der Waals surface area contributed by atoms with E-state index in [4.69, 9.17) is 4.89 Å². The first-order valence-electron chi connectivity index (χ1n) is 6.13. The van der Waals surface area contributed by atoms with Crippen molar-refractivity contribution in [1.82, 2.24) is 0 Å². The monoisotopic (exact) mass is 295 g/mol. The van der Waals surface area contributed by atoms with Gasteiger partial charge in [0.2, 0.25) is 0 Å². The van der Waals surface area contributed by atoms with Gasteiger partial charge in [-0.05, 0) is 36.5 Å². The first kappa shape index (κ1) is 19.8. The molecule has 1 N–H and O–H groups in total. The van der Waals surface area contributed by atoms with E-state index in [1.54, 1.807) is 13.8 Å². The Hall–Kier alpha value is -1.23. The molecule has 2 aromatic carbocycles. The van der Waals surface area contributed by atoms with Gasteiger partial charge in [0.25, 0.3) is 0 Å². The molecule has 1 atom stereocenters. The molecule has 1 unspecified atom stereocenters. The Balaban J connectivity index is 0.000000480. The minimum atomic E-state index is -2.77. The molecule has 0 aliphatic rings. The van der Waals surface area contributed by atoms with E-state index in [0.717, 1.165) is 16.7 Å². The number of aryl methyl sites for hydroxylation is 3. The predicted octanol–water partition coefficient (Wildman–Crippen LogP) is 0.978. The van der Waals surface area contributed by atoms with Crippen LogP contribution in [0.15, 0.2) is 42.5 Å². The number of benzene rings is 2. The number of carbonyl (C=O) groups is 1. The second kappa shape index (κ2) is 9.66. The average Bonchev–Trinajstić information content (AvgIpc) is 2.40. The standard InChI is InChI=1S/C10H11O3P.C6H5.Li/c1-6-4-7(2)9(8(3)5-6)10(11)14(12)13;1-2-4-6-5-3-1;/h4-5H,1-3H3;1-5H;/q;-1;+1/p+1. The fourth-order valence-corrected chi connectivity index (χ4v) is 2.50. The van der Waals surface area contributed by atoms with Crippen LogP contribution in [0.1, 0.15) is 27.0 Å². The second-order valence-corrected chi connectivity index (χ2v) is 5.38. The van der Waals surface area contributed by atoms with Crippen molar-refractivity contribution in [2.45, 2.75) is 20.8 Å². The fourth-order valence-electron chi connectivity index (χ4n) is 1.95. The van der Waals surface area contributed by atoms with Crippen molar-refractivity contribution >= 4 is 13.6 Å². The Morgan fingerprint density at radius 2 is 1.52 bits per heavy atom. The molecule has 3 nitrogen and oxygen atoms in total. The van der Waals surface area contributed by atoms with Crippen LogP contribution < -0.4 is 18.9 Å². The summed E-state index contributed by atoms with van der Waals surface area (Å²) in [5, 5.41) is 0. The van der Waals surface area contributed by atoms with Crippen molar-refractivity contribution in [2.75, 3.05) is 0 Å². The van der Waals surface area contributed by atoms with Crippen molar-refractivity contribution in [3.63, 3.8) is 0 Å². The van der Waals surface area contributed by atoms with Gasteiger partial charge in [-0.25, -0.2) is 4.79 Å². The molecule has 0 aliphatic carbocycles. The number of hydrogen-bond donors (Lipinski definition) is 1. The van der Waals surface area contributed by atoms with Crippen LogP contribution in [0, 0.1) is 26.8 Å². The van der Waals surface area contributed by atoms with Gasteiger partial charge in [-0.3, -0.25) is 0 Å². The van der Waals surface area contributed by atoms with Gasteiger partial charge in [-0.2, -0.15) is 41.3 Å². The topological polar surface area (TPSA) is 54.4 Å². The largest absolute Gasteiger partial charge is 1.00 e. The molecule has 104 valence electrons. The van der Waals surface area contributed by atoms with Gasteiger partial charge >= 0.3 is 32.4 Å². The zero-order chi connectivity index (χ0) is 15.1. The molecule has 0 radical (unpaired) electrons. The molecular formula is C16H17LiO3P+. The van der Waals surface area contributed by atoms with E-state index in [0.29, 0.717) is 5.56 Å². The summed E-state index contributed by atoms with van der Waals surface area (Å²) in [6.45, 7) is 5.46. The number of hydrogen-bond acceptors (Lipinski definition) is 2. The van der Waals surface area contributed by atoms with Crippen LogP contribution in [0.5, 0.6) is 0 Å². The number of carbonyl (C=O) groups excluding carboxylic acids is 1. The summed E-state index contributed by atoms with van der Waals surface area (Å²) in [6, 6.07) is 16.2. The van der Waals surface area contributed by atoms with Crippen LogP contribution >= 0.6 is 8.03 Å². The van der Waals surface area contributed by atoms with E-state index in [2.05, 4.69) is 6.07 Å². The molecule has 21 heavy (non-hydrogen) atoms. The normalized spacial score (nSPS) is 9.81. The molecule has 0 aromatic heterocycles. The summed E-state index contributed by atoms with van der Waals surface area (Å²) in [5.41, 5.74) is 2.24. The first-order valence-corrected chi connectivity index (χ1v) is 7.34. The maximum atomic E-state index is 11.4. The van der Waals surface area contributed by atoms with E-state index in [-0.39, 0.29) is 18.9 Å². The zero-order valence-electron chi connectivity index (χ0n) is 12.8. The molecule has 0 spiro atoms. The van der Waals surface area contributed by atoms with Crippen molar-refractivity contribution in [3.05, 3.63) is 70.8 Å². The third-order valence-corrected chi connectivity index (χ3v) is 3.24. The van der Waals surface area contributed by atoms with Gasteiger partial charge in [0.15, 0.2) is 0 Å². The smallest absolute Gasteiger partial charge is 0.231 e. The Labute approximate surface area is 138 Å². The maximum Gasteiger partial charge on any atom is 1.00 e. The predicted molar refractivity (Wildman–Crippen MR) is 80.1 cm³/mol. The van der Waals surface area contributed by atoms with Crippen LogP contribution in [0.2, 0.25) is 0 Å². The van der Waals surface area contributed by atoms with Crippen LogP contribution in [0.4, 0.5) is 0 Å². The quantitative estimate of drug-likeness (QED) is 0.510. The molecule has 0 bridgehead atoms. The van der Waals surface area contributed by atoms with E-state index < -0.39 is 13.6 Å². The third-order valence-electron chi connectivity index (χ3n) is 2.67. The van der Waals surface area contributed by atoms with E-state index in [1.165, 1.54) is 0 Å². The molecule has 0 aliphatic heterocycles. The SMILES string of the molecule is Cc1cc(C)c(C(=O)[P+](=O)O)c(C)c1.[Li+].[c-]1ccccc1.